The number of fused-ring (bicyclic) bond motifs is 1. The lowest BCUT2D eigenvalue weighted by molar-refractivity contribution is 0.0638. The Hall–Kier alpha value is -2.53. The molecule has 5 heteroatoms. The molecule has 0 amide bonds. The molecule has 0 spiro atoms. The van der Waals surface area contributed by atoms with E-state index >= 15 is 0 Å². The SMILES string of the molecule is COc1ccc(Cl)c(-c2cccc(OCC(O)CN3CCc4ccccc4C3)c2)c1. The molecule has 0 radical (unpaired) electrons. The minimum atomic E-state index is -0.556. The van der Waals surface area contributed by atoms with Crippen molar-refractivity contribution in [2.45, 2.75) is 19.1 Å². The van der Waals surface area contributed by atoms with Gasteiger partial charge in [-0.1, -0.05) is 48.0 Å². The molecule has 1 atom stereocenters. The Kier molecular flexibility index (Phi) is 6.58. The van der Waals surface area contributed by atoms with Gasteiger partial charge in [0.2, 0.25) is 0 Å². The zero-order valence-electron chi connectivity index (χ0n) is 17.1. The highest BCUT2D eigenvalue weighted by Crippen LogP contribution is 2.33. The van der Waals surface area contributed by atoms with Crippen molar-refractivity contribution in [2.75, 3.05) is 26.8 Å². The average Bonchev–Trinajstić information content (AvgIpc) is 2.78. The van der Waals surface area contributed by atoms with Crippen molar-refractivity contribution < 1.29 is 14.6 Å². The van der Waals surface area contributed by atoms with Crippen molar-refractivity contribution in [3.63, 3.8) is 0 Å². The van der Waals surface area contributed by atoms with Crippen LogP contribution in [-0.2, 0) is 13.0 Å². The summed E-state index contributed by atoms with van der Waals surface area (Å²) in [7, 11) is 1.63. The van der Waals surface area contributed by atoms with E-state index in [-0.39, 0.29) is 6.61 Å². The number of halogens is 1. The fourth-order valence-corrected chi connectivity index (χ4v) is 4.09. The third-order valence-corrected chi connectivity index (χ3v) is 5.77. The summed E-state index contributed by atoms with van der Waals surface area (Å²) in [5, 5.41) is 11.2. The zero-order chi connectivity index (χ0) is 20.9. The normalized spacial score (nSPS) is 14.8. The summed E-state index contributed by atoms with van der Waals surface area (Å²) in [6.07, 6.45) is 0.465. The van der Waals surface area contributed by atoms with Crippen LogP contribution in [0.2, 0.25) is 5.02 Å². The second-order valence-corrected chi connectivity index (χ2v) is 8.00. The lowest BCUT2D eigenvalue weighted by atomic mass is 10.00. The number of benzene rings is 3. The molecule has 0 fully saturated rings. The van der Waals surface area contributed by atoms with Crippen LogP contribution in [0.4, 0.5) is 0 Å². The summed E-state index contributed by atoms with van der Waals surface area (Å²) < 4.78 is 11.2. The molecule has 3 aromatic carbocycles. The van der Waals surface area contributed by atoms with E-state index < -0.39 is 6.10 Å². The lowest BCUT2D eigenvalue weighted by Crippen LogP contribution is -2.38. The summed E-state index contributed by atoms with van der Waals surface area (Å²) in [5.41, 5.74) is 4.58. The molecule has 4 nitrogen and oxygen atoms in total. The van der Waals surface area contributed by atoms with Gasteiger partial charge in [0.15, 0.2) is 0 Å². The number of hydrogen-bond donors (Lipinski definition) is 1. The minimum absolute atomic E-state index is 0.243. The molecule has 1 aliphatic heterocycles. The number of rotatable bonds is 7. The molecule has 1 unspecified atom stereocenters. The Balaban J connectivity index is 1.36. The van der Waals surface area contributed by atoms with Gasteiger partial charge in [0, 0.05) is 30.2 Å². The molecular weight excluding hydrogens is 398 g/mol. The molecule has 156 valence electrons. The smallest absolute Gasteiger partial charge is 0.120 e. The molecule has 30 heavy (non-hydrogen) atoms. The molecule has 0 aromatic heterocycles. The van der Waals surface area contributed by atoms with Gasteiger partial charge in [0.25, 0.3) is 0 Å². The van der Waals surface area contributed by atoms with Gasteiger partial charge in [-0.3, -0.25) is 4.90 Å². The van der Waals surface area contributed by atoms with Gasteiger partial charge < -0.3 is 14.6 Å². The van der Waals surface area contributed by atoms with Crippen molar-refractivity contribution in [1.82, 2.24) is 4.90 Å². The topological polar surface area (TPSA) is 41.9 Å². The zero-order valence-corrected chi connectivity index (χ0v) is 17.8. The third-order valence-electron chi connectivity index (χ3n) is 5.44. The average molecular weight is 424 g/mol. The van der Waals surface area contributed by atoms with E-state index in [0.29, 0.717) is 17.3 Å². The third kappa shape index (κ3) is 4.96. The molecule has 1 N–H and O–H groups in total. The largest absolute Gasteiger partial charge is 0.497 e. The molecule has 0 saturated carbocycles. The van der Waals surface area contributed by atoms with Crippen LogP contribution >= 0.6 is 11.6 Å². The first-order valence-electron chi connectivity index (χ1n) is 10.2. The van der Waals surface area contributed by atoms with Crippen LogP contribution in [-0.4, -0.2) is 42.9 Å². The fourth-order valence-electron chi connectivity index (χ4n) is 3.86. The van der Waals surface area contributed by atoms with E-state index in [1.807, 2.05) is 42.5 Å². The van der Waals surface area contributed by atoms with Crippen LogP contribution in [0.5, 0.6) is 11.5 Å². The number of ether oxygens (including phenoxy) is 2. The Morgan fingerprint density at radius 3 is 2.67 bits per heavy atom. The molecule has 4 rings (SSSR count). The number of hydrogen-bond acceptors (Lipinski definition) is 4. The van der Waals surface area contributed by atoms with Gasteiger partial charge in [-0.05, 0) is 53.4 Å². The molecule has 1 aliphatic rings. The second kappa shape index (κ2) is 9.52. The van der Waals surface area contributed by atoms with Crippen molar-refractivity contribution >= 4 is 11.6 Å². The highest BCUT2D eigenvalue weighted by molar-refractivity contribution is 6.33. The van der Waals surface area contributed by atoms with Gasteiger partial charge in [-0.25, -0.2) is 0 Å². The van der Waals surface area contributed by atoms with Gasteiger partial charge in [0.1, 0.15) is 24.2 Å². The summed E-state index contributed by atoms with van der Waals surface area (Å²) in [4.78, 5) is 2.28. The first-order valence-corrected chi connectivity index (χ1v) is 10.5. The van der Waals surface area contributed by atoms with Gasteiger partial charge in [-0.15, -0.1) is 0 Å². The lowest BCUT2D eigenvalue weighted by Gasteiger charge is -2.30. The van der Waals surface area contributed by atoms with Crippen LogP contribution < -0.4 is 9.47 Å². The van der Waals surface area contributed by atoms with E-state index in [9.17, 15) is 5.11 Å². The second-order valence-electron chi connectivity index (χ2n) is 7.59. The van der Waals surface area contributed by atoms with Crippen molar-refractivity contribution in [3.05, 3.63) is 82.9 Å². The maximum atomic E-state index is 10.5. The van der Waals surface area contributed by atoms with Crippen LogP contribution in [0.15, 0.2) is 66.7 Å². The van der Waals surface area contributed by atoms with Gasteiger partial charge in [0.05, 0.1) is 7.11 Å². The quantitative estimate of drug-likeness (QED) is 0.592. The van der Waals surface area contributed by atoms with Crippen LogP contribution in [0, 0.1) is 0 Å². The Morgan fingerprint density at radius 1 is 1.00 bits per heavy atom. The Bertz CT molecular complexity index is 1010. The van der Waals surface area contributed by atoms with E-state index in [2.05, 4.69) is 29.2 Å². The highest BCUT2D eigenvalue weighted by Gasteiger charge is 2.18. The molecule has 0 bridgehead atoms. The van der Waals surface area contributed by atoms with Crippen LogP contribution in [0.3, 0.4) is 0 Å². The summed E-state index contributed by atoms with van der Waals surface area (Å²) in [6, 6.07) is 21.8. The monoisotopic (exact) mass is 423 g/mol. The predicted octanol–water partition coefficient (Wildman–Crippen LogP) is 4.81. The van der Waals surface area contributed by atoms with Gasteiger partial charge in [-0.2, -0.15) is 0 Å². The molecule has 3 aromatic rings. The summed E-state index contributed by atoms with van der Waals surface area (Å²) in [5.74, 6) is 1.45. The van der Waals surface area contributed by atoms with Crippen LogP contribution in [0.25, 0.3) is 11.1 Å². The Morgan fingerprint density at radius 2 is 1.83 bits per heavy atom. The fraction of sp³-hybridized carbons (Fsp3) is 0.280. The van der Waals surface area contributed by atoms with Crippen molar-refractivity contribution in [2.24, 2.45) is 0 Å². The Labute approximate surface area is 182 Å². The predicted molar refractivity (Wildman–Crippen MR) is 120 cm³/mol. The number of nitrogens with zero attached hydrogens (tertiary/aromatic N) is 1. The maximum Gasteiger partial charge on any atom is 0.120 e. The van der Waals surface area contributed by atoms with Crippen molar-refractivity contribution in [1.29, 1.82) is 0 Å². The van der Waals surface area contributed by atoms with Gasteiger partial charge >= 0.3 is 0 Å². The standard InChI is InChI=1S/C25H26ClNO3/c1-29-22-9-10-25(26)24(14-22)19-7-4-8-23(13-19)30-17-21(28)16-27-12-11-18-5-2-3-6-20(18)15-27/h2-10,13-14,21,28H,11-12,15-17H2,1H3. The number of β-amino-alcohol motifs (C(OH)–C–C–N with tert-alkyl or cyclic N) is 1. The molecule has 1 heterocycles. The summed E-state index contributed by atoms with van der Waals surface area (Å²) in [6.45, 7) is 2.66. The summed E-state index contributed by atoms with van der Waals surface area (Å²) >= 11 is 6.37. The number of aliphatic hydroxyl groups is 1. The van der Waals surface area contributed by atoms with E-state index in [4.69, 9.17) is 21.1 Å². The first kappa shape index (κ1) is 20.7. The van der Waals surface area contributed by atoms with E-state index in [1.54, 1.807) is 7.11 Å². The van der Waals surface area contributed by atoms with Crippen molar-refractivity contribution in [3.8, 4) is 22.6 Å². The molecule has 0 saturated heterocycles. The maximum absolute atomic E-state index is 10.5. The minimum Gasteiger partial charge on any atom is -0.497 e. The number of aliphatic hydroxyl groups excluding tert-OH is 1. The molecular formula is C25H26ClNO3. The molecule has 0 aliphatic carbocycles. The first-order chi connectivity index (χ1) is 14.6. The highest BCUT2D eigenvalue weighted by atomic mass is 35.5. The van der Waals surface area contributed by atoms with Crippen LogP contribution in [0.1, 0.15) is 11.1 Å². The van der Waals surface area contributed by atoms with E-state index in [0.717, 1.165) is 36.4 Å². The number of methoxy groups -OCH3 is 1. The van der Waals surface area contributed by atoms with E-state index in [1.165, 1.54) is 11.1 Å².